The molecule has 0 spiro atoms. The monoisotopic (exact) mass is 670 g/mol. The van der Waals surface area contributed by atoms with Crippen LogP contribution in [0.5, 0.6) is 0 Å². The van der Waals surface area contributed by atoms with E-state index in [1.54, 1.807) is 0 Å². The van der Waals surface area contributed by atoms with Crippen molar-refractivity contribution < 1.29 is 28.4 Å². The molecule has 1 saturated heterocycles. The van der Waals surface area contributed by atoms with Crippen molar-refractivity contribution in [3.63, 3.8) is 0 Å². The minimum absolute atomic E-state index is 0.344. The standard InChI is InChI=1S/C43H58O6/c1-3-5-7-9-11-22-30-45-40-39(35-44-32-36-24-16-13-17-25-36)49-43(46-31-23-12-10-8-6-4-2)42(48-34-38-28-20-15-21-29-38)41(40)47-33-37-26-18-14-19-27-37/h3-4,13-21,24-29,39-43H,1-2,5-12,22-23,30-35H2/t39-,40-,41+,42-,43+/m1/s1. The molecule has 5 atom stereocenters. The van der Waals surface area contributed by atoms with Gasteiger partial charge in [-0.05, 0) is 55.2 Å². The van der Waals surface area contributed by atoms with Crippen LogP contribution in [0.3, 0.4) is 0 Å². The fraction of sp³-hybridized carbons (Fsp3) is 0.488. The van der Waals surface area contributed by atoms with Crippen molar-refractivity contribution in [1.29, 1.82) is 0 Å². The first-order chi connectivity index (χ1) is 24.3. The van der Waals surface area contributed by atoms with E-state index in [1.165, 1.54) is 0 Å². The van der Waals surface area contributed by atoms with Gasteiger partial charge in [0.2, 0.25) is 0 Å². The van der Waals surface area contributed by atoms with Crippen molar-refractivity contribution in [2.75, 3.05) is 19.8 Å². The Bertz CT molecular complexity index is 1250. The van der Waals surface area contributed by atoms with E-state index in [1.807, 2.05) is 66.7 Å². The van der Waals surface area contributed by atoms with Gasteiger partial charge in [0.1, 0.15) is 24.4 Å². The normalized spacial score (nSPS) is 20.6. The smallest absolute Gasteiger partial charge is 0.186 e. The summed E-state index contributed by atoms with van der Waals surface area (Å²) in [6, 6.07) is 30.7. The Morgan fingerprint density at radius 2 is 0.959 bits per heavy atom. The van der Waals surface area contributed by atoms with E-state index in [0.717, 1.165) is 80.9 Å². The van der Waals surface area contributed by atoms with E-state index in [4.69, 9.17) is 28.4 Å². The van der Waals surface area contributed by atoms with Gasteiger partial charge in [-0.15, -0.1) is 13.2 Å². The quantitative estimate of drug-likeness (QED) is 0.0626. The summed E-state index contributed by atoms with van der Waals surface area (Å²) >= 11 is 0. The van der Waals surface area contributed by atoms with Gasteiger partial charge in [-0.2, -0.15) is 0 Å². The maximum atomic E-state index is 6.80. The van der Waals surface area contributed by atoms with Crippen LogP contribution < -0.4 is 0 Å². The van der Waals surface area contributed by atoms with Gasteiger partial charge in [0.25, 0.3) is 0 Å². The van der Waals surface area contributed by atoms with Gasteiger partial charge in [0.05, 0.1) is 26.4 Å². The average Bonchev–Trinajstić information content (AvgIpc) is 3.14. The van der Waals surface area contributed by atoms with Crippen molar-refractivity contribution in [2.45, 2.75) is 115 Å². The molecule has 0 aliphatic carbocycles. The number of unbranched alkanes of at least 4 members (excludes halogenated alkanes) is 8. The van der Waals surface area contributed by atoms with Gasteiger partial charge in [-0.25, -0.2) is 0 Å². The highest BCUT2D eigenvalue weighted by Gasteiger charge is 2.49. The molecule has 1 aliphatic heterocycles. The highest BCUT2D eigenvalue weighted by molar-refractivity contribution is 5.15. The molecule has 3 aromatic carbocycles. The summed E-state index contributed by atoms with van der Waals surface area (Å²) < 4.78 is 39.8. The molecule has 0 saturated carbocycles. The Morgan fingerprint density at radius 3 is 1.49 bits per heavy atom. The molecule has 6 nitrogen and oxygen atoms in total. The highest BCUT2D eigenvalue weighted by Crippen LogP contribution is 2.31. The molecule has 0 radical (unpaired) electrons. The molecule has 0 N–H and O–H groups in total. The lowest BCUT2D eigenvalue weighted by molar-refractivity contribution is -0.327. The molecule has 0 amide bonds. The zero-order chi connectivity index (χ0) is 34.2. The molecule has 1 aliphatic rings. The topological polar surface area (TPSA) is 55.4 Å². The summed E-state index contributed by atoms with van der Waals surface area (Å²) in [4.78, 5) is 0. The summed E-state index contributed by atoms with van der Waals surface area (Å²) in [5.74, 6) is 0. The molecule has 0 bridgehead atoms. The van der Waals surface area contributed by atoms with Crippen LogP contribution in [0.25, 0.3) is 0 Å². The van der Waals surface area contributed by atoms with Crippen LogP contribution in [0, 0.1) is 0 Å². The molecule has 0 aromatic heterocycles. The van der Waals surface area contributed by atoms with Crippen LogP contribution in [-0.2, 0) is 48.2 Å². The Kier molecular flexibility index (Phi) is 19.0. The number of hydrogen-bond donors (Lipinski definition) is 0. The second-order valence-electron chi connectivity index (χ2n) is 12.8. The molecular weight excluding hydrogens is 612 g/mol. The van der Waals surface area contributed by atoms with Crippen molar-refractivity contribution in [1.82, 2.24) is 0 Å². The fourth-order valence-corrected chi connectivity index (χ4v) is 6.02. The maximum Gasteiger partial charge on any atom is 0.186 e. The third kappa shape index (κ3) is 14.7. The summed E-state index contributed by atoms with van der Waals surface area (Å²) in [7, 11) is 0. The van der Waals surface area contributed by atoms with Crippen molar-refractivity contribution >= 4 is 0 Å². The van der Waals surface area contributed by atoms with E-state index < -0.39 is 30.7 Å². The lowest BCUT2D eigenvalue weighted by Gasteiger charge is -2.46. The summed E-state index contributed by atoms with van der Waals surface area (Å²) in [5.41, 5.74) is 3.28. The first-order valence-corrected chi connectivity index (χ1v) is 18.3. The van der Waals surface area contributed by atoms with Crippen LogP contribution in [0.4, 0.5) is 0 Å². The Hall–Kier alpha value is -3.10. The highest BCUT2D eigenvalue weighted by atomic mass is 16.7. The molecule has 1 fully saturated rings. The van der Waals surface area contributed by atoms with E-state index in [-0.39, 0.29) is 0 Å². The Morgan fingerprint density at radius 1 is 0.490 bits per heavy atom. The van der Waals surface area contributed by atoms with Gasteiger partial charge in [0.15, 0.2) is 6.29 Å². The van der Waals surface area contributed by atoms with E-state index in [0.29, 0.717) is 39.6 Å². The predicted molar refractivity (Wildman–Crippen MR) is 197 cm³/mol. The second kappa shape index (κ2) is 24.1. The molecule has 1 heterocycles. The molecular formula is C43H58O6. The molecule has 6 heteroatoms. The molecule has 0 unspecified atom stereocenters. The first kappa shape index (κ1) is 38.7. The average molecular weight is 671 g/mol. The summed E-state index contributed by atoms with van der Waals surface area (Å²) in [5, 5.41) is 0. The van der Waals surface area contributed by atoms with Crippen LogP contribution >= 0.6 is 0 Å². The van der Waals surface area contributed by atoms with E-state index >= 15 is 0 Å². The van der Waals surface area contributed by atoms with Gasteiger partial charge >= 0.3 is 0 Å². The predicted octanol–water partition coefficient (Wildman–Crippen LogP) is 9.77. The summed E-state index contributed by atoms with van der Waals surface area (Å²) in [6.45, 7) is 10.5. The first-order valence-electron chi connectivity index (χ1n) is 18.3. The Labute approximate surface area is 295 Å². The number of benzene rings is 3. The Balaban J connectivity index is 1.54. The van der Waals surface area contributed by atoms with Crippen molar-refractivity contribution in [2.24, 2.45) is 0 Å². The number of hydrogen-bond acceptors (Lipinski definition) is 6. The largest absolute Gasteiger partial charge is 0.374 e. The van der Waals surface area contributed by atoms with Crippen LogP contribution in [0.1, 0.15) is 80.9 Å². The minimum atomic E-state index is -0.637. The van der Waals surface area contributed by atoms with Crippen LogP contribution in [-0.4, -0.2) is 50.5 Å². The van der Waals surface area contributed by atoms with Gasteiger partial charge in [0, 0.05) is 13.2 Å². The maximum absolute atomic E-state index is 6.80. The molecule has 3 aromatic rings. The minimum Gasteiger partial charge on any atom is -0.374 e. The third-order valence-electron chi connectivity index (χ3n) is 8.75. The van der Waals surface area contributed by atoms with Gasteiger partial charge < -0.3 is 28.4 Å². The zero-order valence-electron chi connectivity index (χ0n) is 29.4. The molecule has 4 rings (SSSR count). The summed E-state index contributed by atoms with van der Waals surface area (Å²) in [6.07, 6.45) is 12.3. The van der Waals surface area contributed by atoms with E-state index in [2.05, 4.69) is 49.6 Å². The van der Waals surface area contributed by atoms with Gasteiger partial charge in [-0.3, -0.25) is 0 Å². The third-order valence-corrected chi connectivity index (χ3v) is 8.75. The lowest BCUT2D eigenvalue weighted by Crippen LogP contribution is -2.62. The van der Waals surface area contributed by atoms with Gasteiger partial charge in [-0.1, -0.05) is 129 Å². The van der Waals surface area contributed by atoms with Crippen molar-refractivity contribution in [3.05, 3.63) is 133 Å². The van der Waals surface area contributed by atoms with Crippen LogP contribution in [0.2, 0.25) is 0 Å². The number of rotatable bonds is 26. The van der Waals surface area contributed by atoms with Crippen LogP contribution in [0.15, 0.2) is 116 Å². The zero-order valence-corrected chi connectivity index (χ0v) is 29.4. The van der Waals surface area contributed by atoms with Crippen molar-refractivity contribution in [3.8, 4) is 0 Å². The second-order valence-corrected chi connectivity index (χ2v) is 12.8. The molecule has 49 heavy (non-hydrogen) atoms. The lowest BCUT2D eigenvalue weighted by atomic mass is 9.97. The SMILES string of the molecule is C=CCCCCCCO[C@H]1O[C@H](COCc2ccccc2)[C@@H](OCCCCCCC=C)[C@H](OCc2ccccc2)[C@H]1OCc1ccccc1. The number of ether oxygens (including phenoxy) is 6. The molecule has 266 valence electrons. The van der Waals surface area contributed by atoms with E-state index in [9.17, 15) is 0 Å². The number of allylic oxidation sites excluding steroid dienone is 2. The fourth-order valence-electron chi connectivity index (χ4n) is 6.02.